The zero-order valence-electron chi connectivity index (χ0n) is 8.74. The molecule has 2 aromatic rings. The first kappa shape index (κ1) is 10.1. The summed E-state index contributed by atoms with van der Waals surface area (Å²) in [6.07, 6.45) is 0.880. The van der Waals surface area contributed by atoms with E-state index >= 15 is 0 Å². The van der Waals surface area contributed by atoms with Gasteiger partial charge >= 0.3 is 101 Å². The van der Waals surface area contributed by atoms with Crippen molar-refractivity contribution in [3.05, 3.63) is 65.0 Å². The summed E-state index contributed by atoms with van der Waals surface area (Å²) < 4.78 is 14.7. The Bertz CT molecular complexity index is 534. The van der Waals surface area contributed by atoms with Gasteiger partial charge in [0.1, 0.15) is 0 Å². The summed E-state index contributed by atoms with van der Waals surface area (Å²) in [6, 6.07) is 13.7. The van der Waals surface area contributed by atoms with E-state index in [4.69, 9.17) is 0 Å². The van der Waals surface area contributed by atoms with Crippen molar-refractivity contribution in [2.75, 3.05) is 0 Å². The fourth-order valence-corrected chi connectivity index (χ4v) is 4.34. The molecule has 0 saturated carbocycles. The fraction of sp³-hybridized carbons (Fsp3) is 0.143. The minimum absolute atomic E-state index is 0.120. The molecule has 0 aliphatic carbocycles. The number of hydrogen-bond acceptors (Lipinski definition) is 0. The van der Waals surface area contributed by atoms with E-state index in [0.29, 0.717) is 15.0 Å². The quantitative estimate of drug-likeness (QED) is 0.648. The third-order valence-electron chi connectivity index (χ3n) is 2.90. The number of rotatable bonds is 0. The molecule has 0 fully saturated rings. The van der Waals surface area contributed by atoms with E-state index in [9.17, 15) is 4.39 Å². The second-order valence-corrected chi connectivity index (χ2v) is 6.12. The molecule has 0 radical (unpaired) electrons. The second-order valence-electron chi connectivity index (χ2n) is 3.99. The Balaban J connectivity index is 2.10. The molecular weight excluding hydrogens is 266 g/mol. The Kier molecular flexibility index (Phi) is 2.54. The SMILES string of the molecule is Fc1ccc2c(c1)Cc1ccccc1[Se]C2. The average Bonchev–Trinajstić information content (AvgIpc) is 2.47. The van der Waals surface area contributed by atoms with Crippen LogP contribution in [0.15, 0.2) is 42.5 Å². The Hall–Kier alpha value is -1.11. The van der Waals surface area contributed by atoms with Crippen LogP contribution in [-0.4, -0.2) is 15.0 Å². The zero-order valence-corrected chi connectivity index (χ0v) is 10.5. The number of fused-ring (bicyclic) bond motifs is 2. The van der Waals surface area contributed by atoms with Crippen LogP contribution in [0.1, 0.15) is 16.7 Å². The summed E-state index contributed by atoms with van der Waals surface area (Å²) in [6.45, 7) is 0. The van der Waals surface area contributed by atoms with Crippen molar-refractivity contribution < 1.29 is 4.39 Å². The van der Waals surface area contributed by atoms with Crippen LogP contribution in [0.4, 0.5) is 4.39 Å². The number of hydrogen-bond donors (Lipinski definition) is 0. The van der Waals surface area contributed by atoms with Crippen molar-refractivity contribution in [3.8, 4) is 0 Å². The maximum atomic E-state index is 13.2. The molecular formula is C14H11FSe. The van der Waals surface area contributed by atoms with Crippen LogP contribution in [0.2, 0.25) is 0 Å². The van der Waals surface area contributed by atoms with Gasteiger partial charge in [0.2, 0.25) is 0 Å². The van der Waals surface area contributed by atoms with Crippen molar-refractivity contribution in [1.82, 2.24) is 0 Å². The van der Waals surface area contributed by atoms with Gasteiger partial charge in [-0.1, -0.05) is 0 Å². The average molecular weight is 277 g/mol. The topological polar surface area (TPSA) is 0 Å². The molecule has 3 rings (SSSR count). The van der Waals surface area contributed by atoms with Crippen molar-refractivity contribution in [2.45, 2.75) is 11.7 Å². The minimum atomic E-state index is -0.120. The van der Waals surface area contributed by atoms with Gasteiger partial charge in [-0.05, 0) is 0 Å². The van der Waals surface area contributed by atoms with Crippen LogP contribution in [0, 0.1) is 5.82 Å². The van der Waals surface area contributed by atoms with Gasteiger partial charge in [-0.15, -0.1) is 0 Å². The summed E-state index contributed by atoms with van der Waals surface area (Å²) in [5, 5.41) is 1.08. The molecule has 0 N–H and O–H groups in total. The predicted octanol–water partition coefficient (Wildman–Crippen LogP) is 2.26. The van der Waals surface area contributed by atoms with E-state index in [2.05, 4.69) is 24.3 Å². The molecule has 0 amide bonds. The third kappa shape index (κ3) is 1.79. The molecule has 1 aliphatic rings. The van der Waals surface area contributed by atoms with E-state index in [1.807, 2.05) is 6.07 Å². The van der Waals surface area contributed by atoms with Gasteiger partial charge in [-0.2, -0.15) is 0 Å². The molecule has 0 saturated heterocycles. The van der Waals surface area contributed by atoms with E-state index < -0.39 is 0 Å². The normalized spacial score (nSPS) is 13.8. The summed E-state index contributed by atoms with van der Waals surface area (Å²) in [4.78, 5) is 0. The van der Waals surface area contributed by atoms with Gasteiger partial charge in [0.15, 0.2) is 0 Å². The first-order chi connectivity index (χ1) is 7.83. The molecule has 0 nitrogen and oxygen atoms in total. The van der Waals surface area contributed by atoms with Gasteiger partial charge in [0.05, 0.1) is 0 Å². The molecule has 0 atom stereocenters. The van der Waals surface area contributed by atoms with E-state index in [1.54, 1.807) is 12.1 Å². The van der Waals surface area contributed by atoms with Crippen molar-refractivity contribution >= 4 is 19.4 Å². The third-order valence-corrected chi connectivity index (χ3v) is 5.35. The summed E-state index contributed by atoms with van der Waals surface area (Å²) in [5.41, 5.74) is 3.84. The summed E-state index contributed by atoms with van der Waals surface area (Å²) >= 11 is 0.486. The summed E-state index contributed by atoms with van der Waals surface area (Å²) in [7, 11) is 0. The predicted molar refractivity (Wildman–Crippen MR) is 64.7 cm³/mol. The van der Waals surface area contributed by atoms with Crippen LogP contribution in [-0.2, 0) is 11.7 Å². The van der Waals surface area contributed by atoms with E-state index in [0.717, 1.165) is 17.3 Å². The number of halogens is 1. The van der Waals surface area contributed by atoms with E-state index in [1.165, 1.54) is 15.6 Å². The monoisotopic (exact) mass is 278 g/mol. The molecule has 0 unspecified atom stereocenters. The Labute approximate surface area is 101 Å². The molecule has 1 aliphatic heterocycles. The van der Waals surface area contributed by atoms with Crippen LogP contribution >= 0.6 is 0 Å². The second kappa shape index (κ2) is 4.04. The number of benzene rings is 2. The molecule has 16 heavy (non-hydrogen) atoms. The fourth-order valence-electron chi connectivity index (χ4n) is 2.05. The molecule has 1 heterocycles. The maximum absolute atomic E-state index is 13.2. The molecule has 0 spiro atoms. The van der Waals surface area contributed by atoms with Gasteiger partial charge in [0, 0.05) is 0 Å². The van der Waals surface area contributed by atoms with Gasteiger partial charge < -0.3 is 0 Å². The van der Waals surface area contributed by atoms with E-state index in [-0.39, 0.29) is 5.82 Å². The Morgan fingerprint density at radius 3 is 2.75 bits per heavy atom. The molecule has 80 valence electrons. The van der Waals surface area contributed by atoms with Gasteiger partial charge in [0.25, 0.3) is 0 Å². The Morgan fingerprint density at radius 1 is 0.938 bits per heavy atom. The van der Waals surface area contributed by atoms with Crippen molar-refractivity contribution in [2.24, 2.45) is 0 Å². The van der Waals surface area contributed by atoms with Gasteiger partial charge in [-0.3, -0.25) is 0 Å². The molecule has 2 aromatic carbocycles. The van der Waals surface area contributed by atoms with Crippen molar-refractivity contribution in [1.29, 1.82) is 0 Å². The first-order valence-electron chi connectivity index (χ1n) is 5.31. The Morgan fingerprint density at radius 2 is 1.81 bits per heavy atom. The molecule has 2 heteroatoms. The first-order valence-corrected chi connectivity index (χ1v) is 7.38. The van der Waals surface area contributed by atoms with Crippen LogP contribution < -0.4 is 4.46 Å². The zero-order chi connectivity index (χ0) is 11.0. The molecule has 0 bridgehead atoms. The summed E-state index contributed by atoms with van der Waals surface area (Å²) in [5.74, 6) is -0.120. The van der Waals surface area contributed by atoms with Gasteiger partial charge in [-0.25, -0.2) is 0 Å². The molecule has 0 aromatic heterocycles. The van der Waals surface area contributed by atoms with Crippen LogP contribution in [0.5, 0.6) is 0 Å². The van der Waals surface area contributed by atoms with Crippen LogP contribution in [0.25, 0.3) is 0 Å². The van der Waals surface area contributed by atoms with Crippen LogP contribution in [0.3, 0.4) is 0 Å². The van der Waals surface area contributed by atoms with Crippen molar-refractivity contribution in [3.63, 3.8) is 0 Å². The standard InChI is InChI=1S/C14H11FSe/c15-13-6-5-11-9-16-14-4-2-1-3-10(14)7-12(11)8-13/h1-6,8H,7,9H2.